The summed E-state index contributed by atoms with van der Waals surface area (Å²) in [4.78, 5) is 7.15. The summed E-state index contributed by atoms with van der Waals surface area (Å²) in [6.45, 7) is 1.79. The molecule has 1 aliphatic rings. The van der Waals surface area contributed by atoms with E-state index in [1.807, 2.05) is 0 Å². The first-order valence-corrected chi connectivity index (χ1v) is 5.46. The van der Waals surface area contributed by atoms with Crippen LogP contribution in [0.3, 0.4) is 0 Å². The number of halogens is 3. The molecule has 2 aromatic rings. The summed E-state index contributed by atoms with van der Waals surface area (Å²) in [6.07, 6.45) is -3.78. The molecule has 1 aromatic carbocycles. The smallest absolute Gasteiger partial charge is 0.342 e. The number of hydrogen-bond donors (Lipinski definition) is 1. The first-order chi connectivity index (χ1) is 7.92. The van der Waals surface area contributed by atoms with Crippen molar-refractivity contribution < 1.29 is 13.2 Å². The van der Waals surface area contributed by atoms with Gasteiger partial charge in [-0.1, -0.05) is 6.07 Å². The van der Waals surface area contributed by atoms with Crippen LogP contribution in [-0.4, -0.2) is 16.1 Å². The first kappa shape index (κ1) is 10.6. The van der Waals surface area contributed by atoms with Gasteiger partial charge in [-0.25, -0.2) is 4.98 Å². The molecule has 0 saturated heterocycles. The molecule has 0 spiro atoms. The van der Waals surface area contributed by atoms with E-state index in [-0.39, 0.29) is 12.8 Å². The van der Waals surface area contributed by atoms with E-state index < -0.39 is 11.6 Å². The number of aromatic amines is 1. The Labute approximate surface area is 95.9 Å². The Kier molecular flexibility index (Phi) is 1.89. The Morgan fingerprint density at radius 1 is 1.29 bits per heavy atom. The average molecular weight is 240 g/mol. The topological polar surface area (TPSA) is 28.7 Å². The van der Waals surface area contributed by atoms with Crippen molar-refractivity contribution in [3.8, 4) is 0 Å². The molecular weight excluding hydrogens is 229 g/mol. The van der Waals surface area contributed by atoms with Crippen molar-refractivity contribution in [3.05, 3.63) is 29.6 Å². The highest BCUT2D eigenvalue weighted by atomic mass is 19.4. The second-order valence-electron chi connectivity index (χ2n) is 4.63. The molecule has 1 N–H and O–H groups in total. The third kappa shape index (κ3) is 1.45. The van der Waals surface area contributed by atoms with Gasteiger partial charge >= 0.3 is 6.18 Å². The number of aromatic nitrogens is 2. The van der Waals surface area contributed by atoms with Gasteiger partial charge in [0.15, 0.2) is 0 Å². The standard InChI is InChI=1S/C12H11F3N2/c1-7-16-9-3-2-8(6-10(9)17-7)11(4-5-11)12(13,14)15/h2-3,6H,4-5H2,1H3,(H,16,17). The van der Waals surface area contributed by atoms with Gasteiger partial charge < -0.3 is 4.98 Å². The molecule has 0 radical (unpaired) electrons. The lowest BCUT2D eigenvalue weighted by atomic mass is 9.95. The minimum Gasteiger partial charge on any atom is -0.342 e. The van der Waals surface area contributed by atoms with Gasteiger partial charge in [-0.2, -0.15) is 13.2 Å². The Hall–Kier alpha value is -1.52. The third-order valence-electron chi connectivity index (χ3n) is 3.45. The number of nitrogens with zero attached hydrogens (tertiary/aromatic N) is 1. The summed E-state index contributed by atoms with van der Waals surface area (Å²) < 4.78 is 38.9. The molecule has 0 atom stereocenters. The highest BCUT2D eigenvalue weighted by molar-refractivity contribution is 5.76. The summed E-state index contributed by atoms with van der Waals surface area (Å²) in [7, 11) is 0. The number of aryl methyl sites for hydroxylation is 1. The number of nitrogens with one attached hydrogen (secondary N) is 1. The number of hydrogen-bond acceptors (Lipinski definition) is 1. The minimum absolute atomic E-state index is 0.190. The molecule has 2 nitrogen and oxygen atoms in total. The van der Waals surface area contributed by atoms with E-state index in [1.165, 1.54) is 0 Å². The average Bonchev–Trinajstić information content (AvgIpc) is 2.94. The molecule has 90 valence electrons. The van der Waals surface area contributed by atoms with Crippen molar-refractivity contribution in [2.24, 2.45) is 0 Å². The van der Waals surface area contributed by atoms with Crippen LogP contribution in [0.2, 0.25) is 0 Å². The molecule has 0 aliphatic heterocycles. The van der Waals surface area contributed by atoms with Gasteiger partial charge in [0.25, 0.3) is 0 Å². The van der Waals surface area contributed by atoms with Crippen LogP contribution < -0.4 is 0 Å². The molecular formula is C12H11F3N2. The maximum atomic E-state index is 13.0. The molecule has 17 heavy (non-hydrogen) atoms. The van der Waals surface area contributed by atoms with E-state index in [1.54, 1.807) is 25.1 Å². The number of benzene rings is 1. The predicted molar refractivity (Wildman–Crippen MR) is 57.8 cm³/mol. The summed E-state index contributed by atoms with van der Waals surface area (Å²) >= 11 is 0. The Bertz CT molecular complexity index is 579. The zero-order valence-corrected chi connectivity index (χ0v) is 9.23. The van der Waals surface area contributed by atoms with Crippen LogP contribution in [0.1, 0.15) is 24.2 Å². The van der Waals surface area contributed by atoms with E-state index >= 15 is 0 Å². The molecule has 0 unspecified atom stereocenters. The molecule has 5 heteroatoms. The lowest BCUT2D eigenvalue weighted by molar-refractivity contribution is -0.160. The predicted octanol–water partition coefficient (Wildman–Crippen LogP) is 3.47. The minimum atomic E-state index is -4.16. The summed E-state index contributed by atoms with van der Waals surface area (Å²) in [6, 6.07) is 4.78. The van der Waals surface area contributed by atoms with E-state index in [4.69, 9.17) is 0 Å². The summed E-state index contributed by atoms with van der Waals surface area (Å²) in [5.74, 6) is 0.717. The van der Waals surface area contributed by atoms with Crippen LogP contribution in [-0.2, 0) is 5.41 Å². The number of fused-ring (bicyclic) bond motifs is 1. The van der Waals surface area contributed by atoms with Gasteiger partial charge in [0.2, 0.25) is 0 Å². The van der Waals surface area contributed by atoms with E-state index in [9.17, 15) is 13.2 Å². The lowest BCUT2D eigenvalue weighted by Crippen LogP contribution is -2.28. The number of alkyl halides is 3. The maximum Gasteiger partial charge on any atom is 0.398 e. The Morgan fingerprint density at radius 3 is 2.59 bits per heavy atom. The van der Waals surface area contributed by atoms with Crippen LogP contribution in [0, 0.1) is 6.92 Å². The van der Waals surface area contributed by atoms with Crippen LogP contribution in [0.25, 0.3) is 11.0 Å². The van der Waals surface area contributed by atoms with E-state index in [0.29, 0.717) is 22.4 Å². The fourth-order valence-electron chi connectivity index (χ4n) is 2.30. The van der Waals surface area contributed by atoms with E-state index in [0.717, 1.165) is 0 Å². The molecule has 0 bridgehead atoms. The van der Waals surface area contributed by atoms with E-state index in [2.05, 4.69) is 9.97 Å². The SMILES string of the molecule is Cc1nc2ccc(C3(C(F)(F)F)CC3)cc2[nH]1. The highest BCUT2D eigenvalue weighted by Gasteiger charge is 2.64. The molecule has 3 rings (SSSR count). The van der Waals surface area contributed by atoms with Crippen molar-refractivity contribution in [3.63, 3.8) is 0 Å². The second-order valence-corrected chi connectivity index (χ2v) is 4.63. The van der Waals surface area contributed by atoms with Crippen LogP contribution in [0.15, 0.2) is 18.2 Å². The van der Waals surface area contributed by atoms with Crippen molar-refractivity contribution in [2.45, 2.75) is 31.4 Å². The first-order valence-electron chi connectivity index (χ1n) is 5.46. The fraction of sp³-hybridized carbons (Fsp3) is 0.417. The molecule has 1 aromatic heterocycles. The van der Waals surface area contributed by atoms with Gasteiger partial charge in [-0.15, -0.1) is 0 Å². The van der Waals surface area contributed by atoms with Gasteiger partial charge in [0, 0.05) is 0 Å². The second kappa shape index (κ2) is 3.03. The lowest BCUT2D eigenvalue weighted by Gasteiger charge is -2.19. The number of H-pyrrole nitrogens is 1. The molecule has 1 saturated carbocycles. The third-order valence-corrected chi connectivity index (χ3v) is 3.45. The van der Waals surface area contributed by atoms with Crippen LogP contribution in [0.5, 0.6) is 0 Å². The van der Waals surface area contributed by atoms with Gasteiger partial charge in [-0.05, 0) is 37.5 Å². The molecule has 1 heterocycles. The molecule has 0 amide bonds. The van der Waals surface area contributed by atoms with Crippen molar-refractivity contribution in [1.82, 2.24) is 9.97 Å². The number of imidazole rings is 1. The van der Waals surface area contributed by atoms with Gasteiger partial charge in [-0.3, -0.25) is 0 Å². The molecule has 1 fully saturated rings. The summed E-state index contributed by atoms with van der Waals surface area (Å²) in [5.41, 5.74) is 0.126. The summed E-state index contributed by atoms with van der Waals surface area (Å²) in [5, 5.41) is 0. The van der Waals surface area contributed by atoms with Crippen LogP contribution in [0.4, 0.5) is 13.2 Å². The largest absolute Gasteiger partial charge is 0.398 e. The van der Waals surface area contributed by atoms with Gasteiger partial charge in [0.05, 0.1) is 16.4 Å². The molecule has 1 aliphatic carbocycles. The Balaban J connectivity index is 2.13. The monoisotopic (exact) mass is 240 g/mol. The number of rotatable bonds is 1. The normalized spacial score (nSPS) is 18.6. The van der Waals surface area contributed by atoms with Crippen molar-refractivity contribution in [2.75, 3.05) is 0 Å². The van der Waals surface area contributed by atoms with Crippen molar-refractivity contribution in [1.29, 1.82) is 0 Å². The maximum absolute atomic E-state index is 13.0. The van der Waals surface area contributed by atoms with Crippen molar-refractivity contribution >= 4 is 11.0 Å². The Morgan fingerprint density at radius 2 is 2.00 bits per heavy atom. The fourth-order valence-corrected chi connectivity index (χ4v) is 2.30. The van der Waals surface area contributed by atoms with Crippen LogP contribution >= 0.6 is 0 Å². The van der Waals surface area contributed by atoms with Gasteiger partial charge in [0.1, 0.15) is 5.82 Å². The quantitative estimate of drug-likeness (QED) is 0.812. The highest BCUT2D eigenvalue weighted by Crippen LogP contribution is 2.59. The zero-order valence-electron chi connectivity index (χ0n) is 9.23. The zero-order chi connectivity index (χ0) is 12.3.